The number of quaternary nitrogens is 1. The summed E-state index contributed by atoms with van der Waals surface area (Å²) in [5.74, 6) is 1.82. The SMILES string of the molecule is Cc1ccc2c(c1)c1c3n2CCC[NH+](Cc2cccc(Oc4ccccc4)c2)[C@H]3CCC1. The van der Waals surface area contributed by atoms with Crippen LogP contribution in [0.15, 0.2) is 72.8 Å². The third-order valence-corrected chi connectivity index (χ3v) is 7.30. The number of rotatable bonds is 4. The molecule has 1 unspecified atom stereocenters. The molecule has 162 valence electrons. The van der Waals surface area contributed by atoms with Crippen molar-refractivity contribution in [2.45, 2.75) is 51.7 Å². The minimum atomic E-state index is 0.590. The maximum absolute atomic E-state index is 6.11. The lowest BCUT2D eigenvalue weighted by molar-refractivity contribution is -0.945. The number of nitrogens with one attached hydrogen (secondary N) is 1. The molecule has 0 spiro atoms. The normalized spacial score (nSPS) is 20.0. The molecule has 0 bridgehead atoms. The van der Waals surface area contributed by atoms with Crippen LogP contribution in [0.5, 0.6) is 11.5 Å². The maximum atomic E-state index is 6.11. The van der Waals surface area contributed by atoms with Crippen LogP contribution in [-0.2, 0) is 19.5 Å². The lowest BCUT2D eigenvalue weighted by Gasteiger charge is -2.31. The number of ether oxygens (including phenoxy) is 1. The minimum absolute atomic E-state index is 0.590. The molecule has 6 rings (SSSR count). The van der Waals surface area contributed by atoms with Crippen LogP contribution in [-0.4, -0.2) is 11.1 Å². The Morgan fingerprint density at radius 1 is 0.938 bits per heavy atom. The van der Waals surface area contributed by atoms with Crippen molar-refractivity contribution in [1.82, 2.24) is 4.57 Å². The number of hydrogen-bond acceptors (Lipinski definition) is 1. The largest absolute Gasteiger partial charge is 0.457 e. The Hall–Kier alpha value is -3.04. The first-order valence-corrected chi connectivity index (χ1v) is 12.0. The van der Waals surface area contributed by atoms with Gasteiger partial charge < -0.3 is 14.2 Å². The highest BCUT2D eigenvalue weighted by Crippen LogP contribution is 2.37. The summed E-state index contributed by atoms with van der Waals surface area (Å²) < 4.78 is 8.77. The molecule has 0 saturated carbocycles. The summed E-state index contributed by atoms with van der Waals surface area (Å²) in [5, 5.41) is 1.50. The molecule has 3 heteroatoms. The highest BCUT2D eigenvalue weighted by Gasteiger charge is 2.36. The van der Waals surface area contributed by atoms with Crippen LogP contribution in [0.3, 0.4) is 0 Å². The van der Waals surface area contributed by atoms with E-state index >= 15 is 0 Å². The Balaban J connectivity index is 1.32. The van der Waals surface area contributed by atoms with E-state index in [-0.39, 0.29) is 0 Å². The zero-order valence-electron chi connectivity index (χ0n) is 18.8. The molecule has 2 atom stereocenters. The van der Waals surface area contributed by atoms with Crippen LogP contribution >= 0.6 is 0 Å². The maximum Gasteiger partial charge on any atom is 0.129 e. The third kappa shape index (κ3) is 3.51. The molecule has 0 radical (unpaired) electrons. The van der Waals surface area contributed by atoms with E-state index in [0.29, 0.717) is 6.04 Å². The number of aryl methyl sites for hydroxylation is 3. The minimum Gasteiger partial charge on any atom is -0.457 e. The van der Waals surface area contributed by atoms with Gasteiger partial charge in [0.1, 0.15) is 24.1 Å². The van der Waals surface area contributed by atoms with Crippen LogP contribution in [0.25, 0.3) is 10.9 Å². The van der Waals surface area contributed by atoms with Crippen LogP contribution in [0.4, 0.5) is 0 Å². The second-order valence-electron chi connectivity index (χ2n) is 9.48. The number of hydrogen-bond donors (Lipinski definition) is 1. The monoisotopic (exact) mass is 423 g/mol. The standard InChI is InChI=1S/C29H30N2O/c1-21-14-15-27-26(18-21)25-12-6-13-28-29(25)31(27)17-7-16-30(28)20-22-8-5-11-24(19-22)32-23-9-3-2-4-10-23/h2-5,8-11,14-15,18-19,28H,6-7,12-13,16-17,20H2,1H3/p+1/t28-/m0/s1. The molecule has 2 heterocycles. The molecule has 2 aliphatic rings. The van der Waals surface area contributed by atoms with Crippen molar-refractivity contribution in [2.75, 3.05) is 6.54 Å². The topological polar surface area (TPSA) is 18.6 Å². The van der Waals surface area contributed by atoms with E-state index in [1.165, 1.54) is 54.3 Å². The van der Waals surface area contributed by atoms with Crippen molar-refractivity contribution in [3.05, 3.63) is 95.2 Å². The summed E-state index contributed by atoms with van der Waals surface area (Å²) in [6.45, 7) is 5.64. The van der Waals surface area contributed by atoms with Gasteiger partial charge in [-0.25, -0.2) is 0 Å². The molecule has 1 aliphatic heterocycles. The number of fused-ring (bicyclic) bond motifs is 3. The summed E-state index contributed by atoms with van der Waals surface area (Å²) in [6, 6.07) is 26.4. The summed E-state index contributed by atoms with van der Waals surface area (Å²) in [7, 11) is 0. The average Bonchev–Trinajstić information content (AvgIpc) is 3.00. The predicted octanol–water partition coefficient (Wildman–Crippen LogP) is 5.61. The van der Waals surface area contributed by atoms with Gasteiger partial charge in [0.2, 0.25) is 0 Å². The van der Waals surface area contributed by atoms with Gasteiger partial charge >= 0.3 is 0 Å². The molecule has 32 heavy (non-hydrogen) atoms. The predicted molar refractivity (Wildman–Crippen MR) is 129 cm³/mol. The number of para-hydroxylation sites is 1. The second kappa shape index (κ2) is 8.14. The van der Waals surface area contributed by atoms with Crippen LogP contribution < -0.4 is 9.64 Å². The lowest BCUT2D eigenvalue weighted by Crippen LogP contribution is -3.11. The highest BCUT2D eigenvalue weighted by atomic mass is 16.5. The van der Waals surface area contributed by atoms with E-state index in [1.807, 2.05) is 30.3 Å². The van der Waals surface area contributed by atoms with Gasteiger partial charge in [-0.15, -0.1) is 0 Å². The molecule has 3 nitrogen and oxygen atoms in total. The van der Waals surface area contributed by atoms with E-state index in [1.54, 1.807) is 16.2 Å². The van der Waals surface area contributed by atoms with Gasteiger partial charge in [0.15, 0.2) is 0 Å². The molecule has 3 aromatic carbocycles. The van der Waals surface area contributed by atoms with Crippen molar-refractivity contribution >= 4 is 10.9 Å². The third-order valence-electron chi connectivity index (χ3n) is 7.30. The summed E-state index contributed by atoms with van der Waals surface area (Å²) in [5.41, 5.74) is 7.44. The molecule has 1 aliphatic carbocycles. The first kappa shape index (κ1) is 19.6. The molecule has 0 amide bonds. The molecular weight excluding hydrogens is 392 g/mol. The van der Waals surface area contributed by atoms with Gasteiger partial charge in [-0.3, -0.25) is 0 Å². The van der Waals surface area contributed by atoms with E-state index in [9.17, 15) is 0 Å². The highest BCUT2D eigenvalue weighted by molar-refractivity contribution is 5.86. The van der Waals surface area contributed by atoms with Gasteiger partial charge in [0.25, 0.3) is 0 Å². The first-order chi connectivity index (χ1) is 15.8. The Morgan fingerprint density at radius 2 is 1.81 bits per heavy atom. The summed E-state index contributed by atoms with van der Waals surface area (Å²) >= 11 is 0. The van der Waals surface area contributed by atoms with E-state index < -0.39 is 0 Å². The van der Waals surface area contributed by atoms with Crippen molar-refractivity contribution in [2.24, 2.45) is 0 Å². The van der Waals surface area contributed by atoms with Gasteiger partial charge in [-0.1, -0.05) is 42.0 Å². The lowest BCUT2D eigenvalue weighted by atomic mass is 9.90. The van der Waals surface area contributed by atoms with E-state index in [2.05, 4.69) is 54.0 Å². The smallest absolute Gasteiger partial charge is 0.129 e. The van der Waals surface area contributed by atoms with Gasteiger partial charge in [-0.2, -0.15) is 0 Å². The first-order valence-electron chi connectivity index (χ1n) is 12.0. The van der Waals surface area contributed by atoms with Crippen LogP contribution in [0, 0.1) is 6.92 Å². The fraction of sp³-hybridized carbons (Fsp3) is 0.310. The number of benzene rings is 3. The Bertz CT molecular complexity index is 1250. The van der Waals surface area contributed by atoms with Gasteiger partial charge in [-0.05, 0) is 61.7 Å². The molecule has 1 aromatic heterocycles. The van der Waals surface area contributed by atoms with Crippen LogP contribution in [0.1, 0.15) is 47.7 Å². The molecular formula is C29H31N2O+. The molecule has 4 aromatic rings. The average molecular weight is 424 g/mol. The molecule has 0 saturated heterocycles. The zero-order valence-corrected chi connectivity index (χ0v) is 18.8. The van der Waals surface area contributed by atoms with Crippen LogP contribution in [0.2, 0.25) is 0 Å². The van der Waals surface area contributed by atoms with Gasteiger partial charge in [0.05, 0.1) is 12.2 Å². The zero-order chi connectivity index (χ0) is 21.5. The second-order valence-corrected chi connectivity index (χ2v) is 9.48. The molecule has 1 N–H and O–H groups in total. The van der Waals surface area contributed by atoms with E-state index in [0.717, 1.165) is 24.6 Å². The fourth-order valence-electron chi connectivity index (χ4n) is 5.93. The van der Waals surface area contributed by atoms with Gasteiger partial charge in [0, 0.05) is 35.9 Å². The van der Waals surface area contributed by atoms with E-state index in [4.69, 9.17) is 4.74 Å². The number of nitrogens with zero attached hydrogens (tertiary/aromatic N) is 1. The Kier molecular flexibility index (Phi) is 4.99. The quantitative estimate of drug-likeness (QED) is 0.452. The van der Waals surface area contributed by atoms with Crippen molar-refractivity contribution in [3.63, 3.8) is 0 Å². The summed E-state index contributed by atoms with van der Waals surface area (Å²) in [4.78, 5) is 1.71. The van der Waals surface area contributed by atoms with Crippen molar-refractivity contribution in [3.8, 4) is 11.5 Å². The van der Waals surface area contributed by atoms with Crippen molar-refractivity contribution < 1.29 is 9.64 Å². The van der Waals surface area contributed by atoms with Crippen molar-refractivity contribution in [1.29, 1.82) is 0 Å². The number of aromatic nitrogens is 1. The summed E-state index contributed by atoms with van der Waals surface area (Å²) in [6.07, 6.45) is 5.05. The fourth-order valence-corrected chi connectivity index (χ4v) is 5.93. The Labute approximate surface area is 190 Å². The Morgan fingerprint density at radius 3 is 2.72 bits per heavy atom. The molecule has 0 fully saturated rings.